The standard InChI is InChI=1S/C10H19NO2/c1-8(2)3-4-10(13)11-6-5-9(12)7-11/h8-9,12H,3-7H2,1-2H3/t9-/m1/s1. The van der Waals surface area contributed by atoms with Crippen molar-refractivity contribution in [1.29, 1.82) is 0 Å². The van der Waals surface area contributed by atoms with Crippen molar-refractivity contribution in [3.05, 3.63) is 0 Å². The Morgan fingerprint density at radius 1 is 1.62 bits per heavy atom. The van der Waals surface area contributed by atoms with Gasteiger partial charge in [0.25, 0.3) is 0 Å². The highest BCUT2D eigenvalue weighted by molar-refractivity contribution is 5.76. The number of hydrogen-bond donors (Lipinski definition) is 1. The van der Waals surface area contributed by atoms with Crippen LogP contribution in [0.1, 0.15) is 33.1 Å². The molecule has 1 amide bonds. The van der Waals surface area contributed by atoms with Crippen LogP contribution in [0, 0.1) is 5.92 Å². The number of nitrogens with zero attached hydrogens (tertiary/aromatic N) is 1. The lowest BCUT2D eigenvalue weighted by molar-refractivity contribution is -0.130. The van der Waals surface area contributed by atoms with Crippen LogP contribution in [-0.2, 0) is 4.79 Å². The Labute approximate surface area is 79.7 Å². The highest BCUT2D eigenvalue weighted by Crippen LogP contribution is 2.12. The van der Waals surface area contributed by atoms with Crippen LogP contribution in [0.2, 0.25) is 0 Å². The number of aliphatic hydroxyl groups excluding tert-OH is 1. The topological polar surface area (TPSA) is 40.5 Å². The van der Waals surface area contributed by atoms with Crippen LogP contribution in [0.5, 0.6) is 0 Å². The molecule has 0 saturated carbocycles. The van der Waals surface area contributed by atoms with E-state index in [0.717, 1.165) is 19.4 Å². The molecule has 13 heavy (non-hydrogen) atoms. The number of likely N-dealkylation sites (tertiary alicyclic amines) is 1. The lowest BCUT2D eigenvalue weighted by atomic mass is 10.1. The lowest BCUT2D eigenvalue weighted by Crippen LogP contribution is -2.29. The second kappa shape index (κ2) is 4.61. The molecule has 0 aliphatic carbocycles. The van der Waals surface area contributed by atoms with Crippen molar-refractivity contribution in [2.45, 2.75) is 39.2 Å². The Balaban J connectivity index is 2.24. The van der Waals surface area contributed by atoms with Gasteiger partial charge < -0.3 is 10.0 Å². The van der Waals surface area contributed by atoms with Crippen LogP contribution in [0.3, 0.4) is 0 Å². The van der Waals surface area contributed by atoms with E-state index < -0.39 is 0 Å². The molecule has 76 valence electrons. The fourth-order valence-corrected chi connectivity index (χ4v) is 1.54. The quantitative estimate of drug-likeness (QED) is 0.713. The molecule has 1 atom stereocenters. The molecule has 0 aromatic rings. The van der Waals surface area contributed by atoms with Gasteiger partial charge in [0.15, 0.2) is 0 Å². The number of β-amino-alcohol motifs (C(OH)–C–C–N with tert-alkyl or cyclic N) is 1. The van der Waals surface area contributed by atoms with E-state index in [0.29, 0.717) is 18.9 Å². The van der Waals surface area contributed by atoms with E-state index >= 15 is 0 Å². The maximum Gasteiger partial charge on any atom is 0.222 e. The highest BCUT2D eigenvalue weighted by Gasteiger charge is 2.23. The maximum atomic E-state index is 11.5. The van der Waals surface area contributed by atoms with Crippen molar-refractivity contribution in [2.24, 2.45) is 5.92 Å². The summed E-state index contributed by atoms with van der Waals surface area (Å²) in [6.07, 6.45) is 2.03. The molecule has 1 rings (SSSR count). The minimum atomic E-state index is -0.289. The number of rotatable bonds is 3. The Morgan fingerprint density at radius 2 is 2.31 bits per heavy atom. The molecule has 1 aliphatic heterocycles. The molecule has 0 aromatic carbocycles. The molecule has 1 fully saturated rings. The van der Waals surface area contributed by atoms with Gasteiger partial charge in [-0.05, 0) is 18.8 Å². The van der Waals surface area contributed by atoms with Crippen molar-refractivity contribution >= 4 is 5.91 Å². The first-order valence-electron chi connectivity index (χ1n) is 5.05. The molecule has 0 unspecified atom stereocenters. The number of aliphatic hydroxyl groups is 1. The Morgan fingerprint density at radius 3 is 2.77 bits per heavy atom. The van der Waals surface area contributed by atoms with Gasteiger partial charge in [-0.3, -0.25) is 4.79 Å². The Kier molecular flexibility index (Phi) is 3.72. The normalized spacial score (nSPS) is 22.8. The number of carbonyl (C=O) groups is 1. The largest absolute Gasteiger partial charge is 0.391 e. The molecule has 0 spiro atoms. The van der Waals surface area contributed by atoms with Crippen LogP contribution in [0.15, 0.2) is 0 Å². The first-order chi connectivity index (χ1) is 6.09. The monoisotopic (exact) mass is 185 g/mol. The van der Waals surface area contributed by atoms with Crippen molar-refractivity contribution in [2.75, 3.05) is 13.1 Å². The van der Waals surface area contributed by atoms with Crippen LogP contribution in [-0.4, -0.2) is 35.1 Å². The van der Waals surface area contributed by atoms with Crippen molar-refractivity contribution in [3.8, 4) is 0 Å². The SMILES string of the molecule is CC(C)CCC(=O)N1CC[C@@H](O)C1. The second-order valence-corrected chi connectivity index (χ2v) is 4.21. The van der Waals surface area contributed by atoms with Crippen LogP contribution < -0.4 is 0 Å². The first kappa shape index (κ1) is 10.5. The van der Waals surface area contributed by atoms with E-state index in [1.165, 1.54) is 0 Å². The lowest BCUT2D eigenvalue weighted by Gasteiger charge is -2.15. The van der Waals surface area contributed by atoms with E-state index in [4.69, 9.17) is 0 Å². The Hall–Kier alpha value is -0.570. The summed E-state index contributed by atoms with van der Waals surface area (Å²) in [4.78, 5) is 13.3. The van der Waals surface area contributed by atoms with Crippen molar-refractivity contribution in [1.82, 2.24) is 4.90 Å². The third kappa shape index (κ3) is 3.35. The molecule has 0 aromatic heterocycles. The van der Waals surface area contributed by atoms with E-state index in [-0.39, 0.29) is 12.0 Å². The van der Waals surface area contributed by atoms with E-state index in [1.54, 1.807) is 4.90 Å². The summed E-state index contributed by atoms with van der Waals surface area (Å²) < 4.78 is 0. The minimum absolute atomic E-state index is 0.199. The predicted molar refractivity (Wildman–Crippen MR) is 51.3 cm³/mol. The smallest absolute Gasteiger partial charge is 0.222 e. The molecule has 0 bridgehead atoms. The van der Waals surface area contributed by atoms with E-state index in [2.05, 4.69) is 13.8 Å². The third-order valence-corrected chi connectivity index (χ3v) is 2.45. The number of hydrogen-bond acceptors (Lipinski definition) is 2. The molecule has 1 N–H and O–H groups in total. The minimum Gasteiger partial charge on any atom is -0.391 e. The molecule has 3 nitrogen and oxygen atoms in total. The van der Waals surface area contributed by atoms with Gasteiger partial charge in [-0.2, -0.15) is 0 Å². The Bertz CT molecular complexity index is 180. The average Bonchev–Trinajstić information content (AvgIpc) is 2.47. The number of amides is 1. The van der Waals surface area contributed by atoms with Gasteiger partial charge in [-0.15, -0.1) is 0 Å². The molecule has 0 radical (unpaired) electrons. The zero-order valence-corrected chi connectivity index (χ0v) is 8.49. The van der Waals surface area contributed by atoms with Gasteiger partial charge in [-0.25, -0.2) is 0 Å². The van der Waals surface area contributed by atoms with Gasteiger partial charge in [-0.1, -0.05) is 13.8 Å². The molecule has 1 aliphatic rings. The highest BCUT2D eigenvalue weighted by atomic mass is 16.3. The second-order valence-electron chi connectivity index (χ2n) is 4.21. The molecule has 3 heteroatoms. The van der Waals surface area contributed by atoms with Gasteiger partial charge >= 0.3 is 0 Å². The molecule has 1 saturated heterocycles. The summed E-state index contributed by atoms with van der Waals surface area (Å²) in [5.74, 6) is 0.779. The van der Waals surface area contributed by atoms with Gasteiger partial charge in [0.2, 0.25) is 5.91 Å². The summed E-state index contributed by atoms with van der Waals surface area (Å²) in [6.45, 7) is 5.51. The maximum absolute atomic E-state index is 11.5. The first-order valence-corrected chi connectivity index (χ1v) is 5.05. The summed E-state index contributed by atoms with van der Waals surface area (Å²) in [5, 5.41) is 9.23. The number of carbonyl (C=O) groups excluding carboxylic acids is 1. The van der Waals surface area contributed by atoms with E-state index in [9.17, 15) is 9.90 Å². The predicted octanol–water partition coefficient (Wildman–Crippen LogP) is 1.02. The van der Waals surface area contributed by atoms with E-state index in [1.807, 2.05) is 0 Å². The van der Waals surface area contributed by atoms with Crippen molar-refractivity contribution in [3.63, 3.8) is 0 Å². The fourth-order valence-electron chi connectivity index (χ4n) is 1.54. The summed E-state index contributed by atoms with van der Waals surface area (Å²) in [6, 6.07) is 0. The van der Waals surface area contributed by atoms with Gasteiger partial charge in [0.05, 0.1) is 6.10 Å². The van der Waals surface area contributed by atoms with Gasteiger partial charge in [0, 0.05) is 19.5 Å². The third-order valence-electron chi connectivity index (χ3n) is 2.45. The van der Waals surface area contributed by atoms with Crippen molar-refractivity contribution < 1.29 is 9.90 Å². The summed E-state index contributed by atoms with van der Waals surface area (Å²) in [7, 11) is 0. The van der Waals surface area contributed by atoms with Crippen LogP contribution >= 0.6 is 0 Å². The van der Waals surface area contributed by atoms with Gasteiger partial charge in [0.1, 0.15) is 0 Å². The van der Waals surface area contributed by atoms with Crippen LogP contribution in [0.4, 0.5) is 0 Å². The summed E-state index contributed by atoms with van der Waals surface area (Å²) in [5.41, 5.74) is 0. The molecule has 1 heterocycles. The average molecular weight is 185 g/mol. The summed E-state index contributed by atoms with van der Waals surface area (Å²) >= 11 is 0. The fraction of sp³-hybridized carbons (Fsp3) is 0.900. The molecular weight excluding hydrogens is 166 g/mol. The van der Waals surface area contributed by atoms with Crippen LogP contribution in [0.25, 0.3) is 0 Å². The zero-order valence-electron chi connectivity index (χ0n) is 8.49. The molecular formula is C10H19NO2. The zero-order chi connectivity index (χ0) is 9.84.